The predicted octanol–water partition coefficient (Wildman–Crippen LogP) is 6.67. The highest BCUT2D eigenvalue weighted by Gasteiger charge is 2.33. The van der Waals surface area contributed by atoms with Crippen molar-refractivity contribution in [2.75, 3.05) is 0 Å². The van der Waals surface area contributed by atoms with Crippen LogP contribution in [0.25, 0.3) is 22.0 Å². The number of halogens is 1. The molecule has 32 heavy (non-hydrogen) atoms. The molecule has 0 saturated heterocycles. The van der Waals surface area contributed by atoms with Crippen molar-refractivity contribution in [3.05, 3.63) is 100 Å². The van der Waals surface area contributed by atoms with E-state index < -0.39 is 0 Å². The topological polar surface area (TPSA) is 45.6 Å². The molecule has 1 aromatic heterocycles. The summed E-state index contributed by atoms with van der Waals surface area (Å²) >= 11 is 3.62. The van der Waals surface area contributed by atoms with Crippen molar-refractivity contribution in [3.8, 4) is 11.1 Å². The molecule has 0 radical (unpaired) electrons. The standard InChI is InChI=1S/C27H22BrN3O/c1-17-26(24-16-25(31(30-24)18(2)32)19-9-5-3-6-10-19)27(20-11-7-4-8-12-20)22-15-21(28)13-14-23(22)29-17/h3-15,25H,16H2,1-2H3/t25-/m0/s1. The van der Waals surface area contributed by atoms with Crippen molar-refractivity contribution >= 4 is 38.5 Å². The highest BCUT2D eigenvalue weighted by molar-refractivity contribution is 9.10. The molecule has 0 aliphatic carbocycles. The Bertz CT molecular complexity index is 1350. The van der Waals surface area contributed by atoms with Gasteiger partial charge in [0.2, 0.25) is 5.91 Å². The third-order valence-corrected chi connectivity index (χ3v) is 6.39. The first kappa shape index (κ1) is 20.6. The van der Waals surface area contributed by atoms with Crippen LogP contribution in [-0.2, 0) is 4.79 Å². The fourth-order valence-electron chi connectivity index (χ4n) is 4.50. The van der Waals surface area contributed by atoms with Gasteiger partial charge in [-0.25, -0.2) is 5.01 Å². The molecule has 0 bridgehead atoms. The van der Waals surface area contributed by atoms with Gasteiger partial charge in [0.05, 0.1) is 17.3 Å². The summed E-state index contributed by atoms with van der Waals surface area (Å²) in [5.74, 6) is -0.0655. The Morgan fingerprint density at radius 2 is 1.66 bits per heavy atom. The minimum absolute atomic E-state index is 0.0655. The molecule has 4 aromatic rings. The van der Waals surface area contributed by atoms with Crippen LogP contribution in [0.2, 0.25) is 0 Å². The number of pyridine rings is 1. The Labute approximate surface area is 195 Å². The lowest BCUT2D eigenvalue weighted by molar-refractivity contribution is -0.130. The molecule has 1 atom stereocenters. The average molecular weight is 484 g/mol. The van der Waals surface area contributed by atoms with E-state index in [2.05, 4.69) is 46.3 Å². The van der Waals surface area contributed by atoms with E-state index in [1.54, 1.807) is 11.9 Å². The molecule has 0 spiro atoms. The number of benzene rings is 3. The maximum absolute atomic E-state index is 12.5. The van der Waals surface area contributed by atoms with Crippen molar-refractivity contribution < 1.29 is 4.79 Å². The number of nitrogens with zero attached hydrogens (tertiary/aromatic N) is 3. The molecule has 3 aromatic carbocycles. The summed E-state index contributed by atoms with van der Waals surface area (Å²) in [5, 5.41) is 7.52. The van der Waals surface area contributed by atoms with Gasteiger partial charge < -0.3 is 0 Å². The van der Waals surface area contributed by atoms with Gasteiger partial charge in [-0.3, -0.25) is 9.78 Å². The highest BCUT2D eigenvalue weighted by Crippen LogP contribution is 2.39. The number of rotatable bonds is 3. The molecule has 0 unspecified atom stereocenters. The van der Waals surface area contributed by atoms with E-state index in [-0.39, 0.29) is 11.9 Å². The van der Waals surface area contributed by atoms with Gasteiger partial charge in [0.25, 0.3) is 0 Å². The molecular formula is C27H22BrN3O. The molecule has 1 amide bonds. The Morgan fingerprint density at radius 1 is 0.969 bits per heavy atom. The number of aromatic nitrogens is 1. The Morgan fingerprint density at radius 3 is 2.34 bits per heavy atom. The second kappa shape index (κ2) is 8.32. The number of carbonyl (C=O) groups is 1. The second-order valence-electron chi connectivity index (χ2n) is 8.02. The van der Waals surface area contributed by atoms with Crippen LogP contribution in [0.5, 0.6) is 0 Å². The van der Waals surface area contributed by atoms with E-state index in [9.17, 15) is 4.79 Å². The molecule has 4 nitrogen and oxygen atoms in total. The van der Waals surface area contributed by atoms with Crippen LogP contribution in [0.3, 0.4) is 0 Å². The quantitative estimate of drug-likeness (QED) is 0.326. The van der Waals surface area contributed by atoms with Crippen LogP contribution < -0.4 is 0 Å². The van der Waals surface area contributed by atoms with Gasteiger partial charge in [-0.1, -0.05) is 76.6 Å². The summed E-state index contributed by atoms with van der Waals surface area (Å²) in [7, 11) is 0. The third kappa shape index (κ3) is 3.63. The van der Waals surface area contributed by atoms with Crippen molar-refractivity contribution in [1.29, 1.82) is 0 Å². The van der Waals surface area contributed by atoms with Crippen molar-refractivity contribution in [2.24, 2.45) is 5.10 Å². The first-order chi connectivity index (χ1) is 15.5. The Balaban J connectivity index is 1.75. The molecule has 2 heterocycles. The smallest absolute Gasteiger partial charge is 0.240 e. The Hall–Kier alpha value is -3.31. The van der Waals surface area contributed by atoms with E-state index in [0.717, 1.165) is 49.0 Å². The molecular weight excluding hydrogens is 462 g/mol. The Kier molecular flexibility index (Phi) is 5.35. The SMILES string of the molecule is CC(=O)N1N=C(c2c(C)nc3ccc(Br)cc3c2-c2ccccc2)C[C@H]1c1ccccc1. The number of hydrogen-bond acceptors (Lipinski definition) is 3. The summed E-state index contributed by atoms with van der Waals surface area (Å²) in [6.45, 7) is 3.60. The number of amides is 1. The zero-order valence-corrected chi connectivity index (χ0v) is 19.5. The zero-order chi connectivity index (χ0) is 22.2. The van der Waals surface area contributed by atoms with Crippen LogP contribution in [0.4, 0.5) is 0 Å². The van der Waals surface area contributed by atoms with Crippen LogP contribution >= 0.6 is 15.9 Å². The number of hydrogen-bond donors (Lipinski definition) is 0. The maximum Gasteiger partial charge on any atom is 0.240 e. The average Bonchev–Trinajstić information content (AvgIpc) is 3.25. The monoisotopic (exact) mass is 483 g/mol. The van der Waals surface area contributed by atoms with Crippen LogP contribution in [0.15, 0.2) is 88.4 Å². The lowest BCUT2D eigenvalue weighted by Crippen LogP contribution is -2.24. The van der Waals surface area contributed by atoms with Gasteiger partial charge in [0.1, 0.15) is 0 Å². The van der Waals surface area contributed by atoms with Gasteiger partial charge in [-0.15, -0.1) is 0 Å². The molecule has 1 aliphatic rings. The molecule has 0 fully saturated rings. The van der Waals surface area contributed by atoms with Gasteiger partial charge in [0.15, 0.2) is 0 Å². The summed E-state index contributed by atoms with van der Waals surface area (Å²) in [6.07, 6.45) is 0.644. The molecule has 5 rings (SSSR count). The molecule has 0 N–H and O–H groups in total. The molecule has 1 aliphatic heterocycles. The molecule has 5 heteroatoms. The number of aryl methyl sites for hydroxylation is 1. The largest absolute Gasteiger partial charge is 0.273 e. The summed E-state index contributed by atoms with van der Waals surface area (Å²) in [4.78, 5) is 17.4. The summed E-state index contributed by atoms with van der Waals surface area (Å²) in [5.41, 5.74) is 7.04. The van der Waals surface area contributed by atoms with Crippen LogP contribution in [-0.4, -0.2) is 21.6 Å². The first-order valence-corrected chi connectivity index (χ1v) is 11.4. The van der Waals surface area contributed by atoms with E-state index in [1.807, 2.05) is 55.5 Å². The number of carbonyl (C=O) groups excluding carboxylic acids is 1. The minimum Gasteiger partial charge on any atom is -0.273 e. The fourth-order valence-corrected chi connectivity index (χ4v) is 4.86. The van der Waals surface area contributed by atoms with E-state index in [0.29, 0.717) is 6.42 Å². The first-order valence-electron chi connectivity index (χ1n) is 10.6. The summed E-state index contributed by atoms with van der Waals surface area (Å²) < 4.78 is 1.000. The van der Waals surface area contributed by atoms with Crippen LogP contribution in [0, 0.1) is 6.92 Å². The zero-order valence-electron chi connectivity index (χ0n) is 17.9. The third-order valence-electron chi connectivity index (χ3n) is 5.90. The summed E-state index contributed by atoms with van der Waals surface area (Å²) in [6, 6.07) is 26.5. The maximum atomic E-state index is 12.5. The van der Waals surface area contributed by atoms with Gasteiger partial charge >= 0.3 is 0 Å². The lowest BCUT2D eigenvalue weighted by Gasteiger charge is -2.20. The van der Waals surface area contributed by atoms with Crippen molar-refractivity contribution in [1.82, 2.24) is 9.99 Å². The van der Waals surface area contributed by atoms with Crippen molar-refractivity contribution in [2.45, 2.75) is 26.3 Å². The fraction of sp³-hybridized carbons (Fsp3) is 0.148. The lowest BCUT2D eigenvalue weighted by atomic mass is 9.89. The number of fused-ring (bicyclic) bond motifs is 1. The minimum atomic E-state index is -0.120. The van der Waals surface area contributed by atoms with E-state index in [1.165, 1.54) is 0 Å². The molecule has 158 valence electrons. The second-order valence-corrected chi connectivity index (χ2v) is 8.93. The van der Waals surface area contributed by atoms with Gasteiger partial charge in [0, 0.05) is 40.0 Å². The van der Waals surface area contributed by atoms with Crippen molar-refractivity contribution in [3.63, 3.8) is 0 Å². The van der Waals surface area contributed by atoms with Gasteiger partial charge in [-0.05, 0) is 36.2 Å². The normalized spacial score (nSPS) is 15.8. The number of hydrazone groups is 1. The van der Waals surface area contributed by atoms with E-state index >= 15 is 0 Å². The van der Waals surface area contributed by atoms with E-state index in [4.69, 9.17) is 10.1 Å². The van der Waals surface area contributed by atoms with Gasteiger partial charge in [-0.2, -0.15) is 5.10 Å². The van der Waals surface area contributed by atoms with Crippen LogP contribution in [0.1, 0.15) is 36.2 Å². The predicted molar refractivity (Wildman–Crippen MR) is 132 cm³/mol. The highest BCUT2D eigenvalue weighted by atomic mass is 79.9. The molecule has 0 saturated carbocycles.